The molecule has 1 fully saturated rings. The molecule has 1 atom stereocenters. The summed E-state index contributed by atoms with van der Waals surface area (Å²) >= 11 is 0. The maximum Gasteiger partial charge on any atom is 0.0163 e. The van der Waals surface area contributed by atoms with E-state index in [2.05, 4.69) is 29.3 Å². The van der Waals surface area contributed by atoms with Gasteiger partial charge in [-0.15, -0.1) is 0 Å². The molecule has 1 saturated heterocycles. The van der Waals surface area contributed by atoms with Gasteiger partial charge in [-0.2, -0.15) is 0 Å². The molecule has 0 radical (unpaired) electrons. The smallest absolute Gasteiger partial charge is 0.0163 e. The van der Waals surface area contributed by atoms with Crippen molar-refractivity contribution in [3.05, 3.63) is 12.2 Å². The van der Waals surface area contributed by atoms with Gasteiger partial charge in [0.25, 0.3) is 0 Å². The number of rotatable bonds is 4. The van der Waals surface area contributed by atoms with E-state index >= 15 is 0 Å². The van der Waals surface area contributed by atoms with Crippen molar-refractivity contribution in [1.82, 2.24) is 10.2 Å². The van der Waals surface area contributed by atoms with E-state index in [0.29, 0.717) is 5.41 Å². The molecule has 2 heteroatoms. The second-order valence-corrected chi connectivity index (χ2v) is 5.17. The maximum absolute atomic E-state index is 3.54. The van der Waals surface area contributed by atoms with Crippen molar-refractivity contribution in [2.75, 3.05) is 32.7 Å². The lowest BCUT2D eigenvalue weighted by molar-refractivity contribution is 0.162. The van der Waals surface area contributed by atoms with Gasteiger partial charge in [0.15, 0.2) is 0 Å². The average molecular weight is 208 g/mol. The van der Waals surface area contributed by atoms with Crippen LogP contribution in [0, 0.1) is 5.41 Å². The van der Waals surface area contributed by atoms with Crippen LogP contribution in [0.15, 0.2) is 12.2 Å². The van der Waals surface area contributed by atoms with Crippen molar-refractivity contribution in [2.24, 2.45) is 5.41 Å². The van der Waals surface area contributed by atoms with E-state index in [1.54, 1.807) is 0 Å². The molecule has 2 rings (SSSR count). The maximum atomic E-state index is 3.54. The molecule has 2 aliphatic rings. The molecular weight excluding hydrogens is 184 g/mol. The summed E-state index contributed by atoms with van der Waals surface area (Å²) in [6.45, 7) is 8.52. The van der Waals surface area contributed by atoms with Crippen LogP contribution in [0.2, 0.25) is 0 Å². The quantitative estimate of drug-likeness (QED) is 0.711. The first-order chi connectivity index (χ1) is 7.35. The topological polar surface area (TPSA) is 15.3 Å². The van der Waals surface area contributed by atoms with Crippen molar-refractivity contribution in [2.45, 2.75) is 32.6 Å². The summed E-state index contributed by atoms with van der Waals surface area (Å²) < 4.78 is 0. The normalized spacial score (nSPS) is 32.3. The lowest BCUT2D eigenvalue weighted by Crippen LogP contribution is -2.40. The molecule has 0 saturated carbocycles. The Morgan fingerprint density at radius 3 is 2.93 bits per heavy atom. The number of nitrogens with one attached hydrogen (secondary N) is 1. The molecule has 2 nitrogen and oxygen atoms in total. The van der Waals surface area contributed by atoms with E-state index in [0.717, 1.165) is 0 Å². The first kappa shape index (κ1) is 11.2. The van der Waals surface area contributed by atoms with E-state index in [1.165, 1.54) is 58.4 Å². The van der Waals surface area contributed by atoms with Gasteiger partial charge in [-0.05, 0) is 31.2 Å². The van der Waals surface area contributed by atoms with Crippen LogP contribution >= 0.6 is 0 Å². The summed E-state index contributed by atoms with van der Waals surface area (Å²) in [4.78, 5) is 2.63. The summed E-state index contributed by atoms with van der Waals surface area (Å²) in [5, 5.41) is 3.54. The zero-order valence-electron chi connectivity index (χ0n) is 9.97. The Kier molecular flexibility index (Phi) is 3.81. The molecule has 86 valence electrons. The molecule has 1 unspecified atom stereocenters. The van der Waals surface area contributed by atoms with Crippen molar-refractivity contribution in [1.29, 1.82) is 0 Å². The summed E-state index contributed by atoms with van der Waals surface area (Å²) in [6.07, 6.45) is 9.98. The second kappa shape index (κ2) is 5.13. The third-order valence-electron chi connectivity index (χ3n) is 3.81. The largest absolute Gasteiger partial charge is 0.316 e. The van der Waals surface area contributed by atoms with E-state index in [9.17, 15) is 0 Å². The number of nitrogens with zero attached hydrogens (tertiary/aromatic N) is 1. The first-order valence-corrected chi connectivity index (χ1v) is 6.43. The van der Waals surface area contributed by atoms with E-state index < -0.39 is 0 Å². The molecule has 1 N–H and O–H groups in total. The predicted molar refractivity (Wildman–Crippen MR) is 65.0 cm³/mol. The van der Waals surface area contributed by atoms with Crippen LogP contribution in [-0.4, -0.2) is 37.6 Å². The minimum atomic E-state index is 0.583. The van der Waals surface area contributed by atoms with Gasteiger partial charge < -0.3 is 5.32 Å². The number of hydrogen-bond donors (Lipinski definition) is 1. The third-order valence-corrected chi connectivity index (χ3v) is 3.81. The van der Waals surface area contributed by atoms with Crippen LogP contribution < -0.4 is 5.32 Å². The monoisotopic (exact) mass is 208 g/mol. The van der Waals surface area contributed by atoms with Crippen LogP contribution in [0.3, 0.4) is 0 Å². The molecule has 0 aromatic rings. The van der Waals surface area contributed by atoms with Crippen molar-refractivity contribution < 1.29 is 0 Å². The Bertz CT molecular complexity index is 217. The fraction of sp³-hybridized carbons (Fsp3) is 0.846. The lowest BCUT2D eigenvalue weighted by atomic mass is 9.82. The fourth-order valence-corrected chi connectivity index (χ4v) is 3.06. The Balaban J connectivity index is 1.90. The molecule has 0 aromatic heterocycles. The van der Waals surface area contributed by atoms with E-state index in [4.69, 9.17) is 0 Å². The first-order valence-electron chi connectivity index (χ1n) is 6.43. The predicted octanol–water partition coefficient (Wildman–Crippen LogP) is 2.03. The zero-order chi connectivity index (χ0) is 10.6. The van der Waals surface area contributed by atoms with Gasteiger partial charge in [-0.25, -0.2) is 0 Å². The van der Waals surface area contributed by atoms with Gasteiger partial charge in [-0.1, -0.05) is 25.5 Å². The SMILES string of the molecule is CCCC1(CN2CC=CCC2)CCNC1. The van der Waals surface area contributed by atoms with Gasteiger partial charge in [-0.3, -0.25) is 4.90 Å². The highest BCUT2D eigenvalue weighted by Gasteiger charge is 2.34. The van der Waals surface area contributed by atoms with Crippen molar-refractivity contribution in [3.8, 4) is 0 Å². The number of hydrogen-bond acceptors (Lipinski definition) is 2. The Labute approximate surface area is 93.7 Å². The van der Waals surface area contributed by atoms with Crippen LogP contribution in [0.1, 0.15) is 32.6 Å². The molecular formula is C13H24N2. The highest BCUT2D eigenvalue weighted by Crippen LogP contribution is 2.32. The summed E-state index contributed by atoms with van der Waals surface area (Å²) in [6, 6.07) is 0. The van der Waals surface area contributed by atoms with Gasteiger partial charge in [0.05, 0.1) is 0 Å². The van der Waals surface area contributed by atoms with Crippen molar-refractivity contribution >= 4 is 0 Å². The molecule has 0 amide bonds. The summed E-state index contributed by atoms with van der Waals surface area (Å²) in [5.41, 5.74) is 0.583. The van der Waals surface area contributed by atoms with Gasteiger partial charge in [0.1, 0.15) is 0 Å². The zero-order valence-corrected chi connectivity index (χ0v) is 9.97. The average Bonchev–Trinajstić information content (AvgIpc) is 2.69. The standard InChI is InChI=1S/C13H24N2/c1-2-6-13(7-8-14-11-13)12-15-9-4-3-5-10-15/h3-4,14H,2,5-12H2,1H3. The van der Waals surface area contributed by atoms with Crippen LogP contribution in [0.4, 0.5) is 0 Å². The molecule has 0 aliphatic carbocycles. The Hall–Kier alpha value is -0.340. The molecule has 15 heavy (non-hydrogen) atoms. The Morgan fingerprint density at radius 2 is 2.33 bits per heavy atom. The van der Waals surface area contributed by atoms with Crippen LogP contribution in [0.25, 0.3) is 0 Å². The van der Waals surface area contributed by atoms with E-state index in [-0.39, 0.29) is 0 Å². The molecule has 2 aliphatic heterocycles. The Morgan fingerprint density at radius 1 is 1.40 bits per heavy atom. The van der Waals surface area contributed by atoms with Gasteiger partial charge in [0.2, 0.25) is 0 Å². The molecule has 2 heterocycles. The minimum Gasteiger partial charge on any atom is -0.316 e. The lowest BCUT2D eigenvalue weighted by Gasteiger charge is -2.35. The second-order valence-electron chi connectivity index (χ2n) is 5.17. The van der Waals surface area contributed by atoms with Crippen molar-refractivity contribution in [3.63, 3.8) is 0 Å². The fourth-order valence-electron chi connectivity index (χ4n) is 3.06. The summed E-state index contributed by atoms with van der Waals surface area (Å²) in [7, 11) is 0. The molecule has 0 bridgehead atoms. The van der Waals surface area contributed by atoms with Gasteiger partial charge >= 0.3 is 0 Å². The molecule has 0 spiro atoms. The highest BCUT2D eigenvalue weighted by atomic mass is 15.1. The van der Waals surface area contributed by atoms with Crippen LogP contribution in [-0.2, 0) is 0 Å². The molecule has 0 aromatic carbocycles. The highest BCUT2D eigenvalue weighted by molar-refractivity contribution is 4.95. The van der Waals surface area contributed by atoms with Crippen LogP contribution in [0.5, 0.6) is 0 Å². The van der Waals surface area contributed by atoms with E-state index in [1.807, 2.05) is 0 Å². The minimum absolute atomic E-state index is 0.583. The van der Waals surface area contributed by atoms with Gasteiger partial charge in [0, 0.05) is 26.2 Å². The third kappa shape index (κ3) is 2.82. The summed E-state index contributed by atoms with van der Waals surface area (Å²) in [5.74, 6) is 0.